The predicted molar refractivity (Wildman–Crippen MR) is 47.5 cm³/mol. The topological polar surface area (TPSA) is 36.9 Å². The largest absolute Gasteiger partial charge is 0.369 e. The minimum absolute atomic E-state index is 0.153. The Hall–Kier alpha value is -0.160. The van der Waals surface area contributed by atoms with Crippen molar-refractivity contribution in [2.45, 2.75) is 50.1 Å². The molecule has 80 valence electrons. The molecule has 3 heterocycles. The maximum atomic E-state index is 5.81. The molecule has 0 aromatic carbocycles. The fourth-order valence-corrected chi connectivity index (χ4v) is 2.49. The van der Waals surface area contributed by atoms with Gasteiger partial charge in [-0.3, -0.25) is 0 Å². The number of hydrogen-bond acceptors (Lipinski definition) is 4. The molecule has 14 heavy (non-hydrogen) atoms. The van der Waals surface area contributed by atoms with Gasteiger partial charge in [-0.2, -0.15) is 4.89 Å². The van der Waals surface area contributed by atoms with Gasteiger partial charge < -0.3 is 9.47 Å². The van der Waals surface area contributed by atoms with Crippen molar-refractivity contribution in [2.75, 3.05) is 13.2 Å². The fourth-order valence-electron chi connectivity index (χ4n) is 2.49. The summed E-state index contributed by atoms with van der Waals surface area (Å²) >= 11 is 0. The standard InChI is InChI=1S/C10H16O4/c1-9-6-11-8-4-2-3-5-10(8,7-12-9)14-13-9/h8H,2-7H2,1H3/t8?,9-,10-/m1/s1. The molecule has 3 atom stereocenters. The molecule has 1 saturated carbocycles. The van der Waals surface area contributed by atoms with Crippen LogP contribution in [-0.2, 0) is 19.2 Å². The predicted octanol–water partition coefficient (Wildman–Crippen LogP) is 1.39. The van der Waals surface area contributed by atoms with Gasteiger partial charge in [0.25, 0.3) is 0 Å². The lowest BCUT2D eigenvalue weighted by Gasteiger charge is -2.43. The van der Waals surface area contributed by atoms with E-state index in [1.54, 1.807) is 0 Å². The fraction of sp³-hybridized carbons (Fsp3) is 1.00. The number of hydrogen-bond donors (Lipinski definition) is 0. The van der Waals surface area contributed by atoms with E-state index in [9.17, 15) is 0 Å². The highest BCUT2D eigenvalue weighted by molar-refractivity contribution is 4.96. The summed E-state index contributed by atoms with van der Waals surface area (Å²) in [5.41, 5.74) is -0.325. The van der Waals surface area contributed by atoms with Gasteiger partial charge in [0.05, 0.1) is 12.7 Å². The third-order valence-corrected chi connectivity index (χ3v) is 3.46. The van der Waals surface area contributed by atoms with Gasteiger partial charge in [-0.1, -0.05) is 12.8 Å². The first-order valence-corrected chi connectivity index (χ1v) is 5.35. The first kappa shape index (κ1) is 9.09. The second-order valence-corrected chi connectivity index (χ2v) is 4.70. The van der Waals surface area contributed by atoms with Crippen LogP contribution >= 0.6 is 0 Å². The molecule has 4 heteroatoms. The zero-order valence-electron chi connectivity index (χ0n) is 8.45. The quantitative estimate of drug-likeness (QED) is 0.554. The van der Waals surface area contributed by atoms with E-state index in [0.29, 0.717) is 13.2 Å². The maximum Gasteiger partial charge on any atom is 0.222 e. The molecule has 4 fully saturated rings. The summed E-state index contributed by atoms with van der Waals surface area (Å²) < 4.78 is 11.5. The SMILES string of the molecule is C[C@@]12COC3CCCC[C@]3(CO1)OO2. The second kappa shape index (κ2) is 2.92. The van der Waals surface area contributed by atoms with Gasteiger partial charge in [0, 0.05) is 0 Å². The summed E-state index contributed by atoms with van der Waals surface area (Å²) in [7, 11) is 0. The average molecular weight is 200 g/mol. The molecular weight excluding hydrogens is 184 g/mol. The van der Waals surface area contributed by atoms with Gasteiger partial charge in [0.15, 0.2) is 5.60 Å². The van der Waals surface area contributed by atoms with Crippen molar-refractivity contribution in [1.82, 2.24) is 0 Å². The monoisotopic (exact) mass is 200 g/mol. The van der Waals surface area contributed by atoms with Crippen molar-refractivity contribution in [1.29, 1.82) is 0 Å². The Balaban J connectivity index is 1.89. The number of fused-ring (bicyclic) bond motifs is 3. The highest BCUT2D eigenvalue weighted by Crippen LogP contribution is 2.42. The molecule has 4 nitrogen and oxygen atoms in total. The molecule has 1 unspecified atom stereocenters. The molecule has 3 aliphatic heterocycles. The Kier molecular flexibility index (Phi) is 1.89. The van der Waals surface area contributed by atoms with E-state index in [1.807, 2.05) is 6.92 Å². The van der Waals surface area contributed by atoms with Crippen molar-refractivity contribution in [3.8, 4) is 0 Å². The molecule has 3 saturated heterocycles. The van der Waals surface area contributed by atoms with E-state index in [-0.39, 0.29) is 11.7 Å². The summed E-state index contributed by atoms with van der Waals surface area (Å²) in [5.74, 6) is -0.692. The normalized spacial score (nSPS) is 52.5. The molecule has 0 aromatic heterocycles. The van der Waals surface area contributed by atoms with Crippen LogP contribution in [0.5, 0.6) is 0 Å². The highest BCUT2D eigenvalue weighted by Gasteiger charge is 2.54. The van der Waals surface area contributed by atoms with E-state index < -0.39 is 5.79 Å². The minimum atomic E-state index is -0.692. The van der Waals surface area contributed by atoms with Crippen molar-refractivity contribution in [3.63, 3.8) is 0 Å². The van der Waals surface area contributed by atoms with E-state index in [4.69, 9.17) is 19.2 Å². The maximum absolute atomic E-state index is 5.81. The first-order valence-electron chi connectivity index (χ1n) is 5.35. The van der Waals surface area contributed by atoms with Gasteiger partial charge >= 0.3 is 0 Å². The van der Waals surface area contributed by atoms with E-state index >= 15 is 0 Å². The Morgan fingerprint density at radius 1 is 1.14 bits per heavy atom. The molecule has 0 radical (unpaired) electrons. The Morgan fingerprint density at radius 3 is 2.86 bits per heavy atom. The van der Waals surface area contributed by atoms with Crippen LogP contribution in [0.2, 0.25) is 0 Å². The van der Waals surface area contributed by atoms with Crippen molar-refractivity contribution in [3.05, 3.63) is 0 Å². The van der Waals surface area contributed by atoms with Gasteiger partial charge in [-0.25, -0.2) is 4.89 Å². The average Bonchev–Trinajstić information content (AvgIpc) is 2.45. The summed E-state index contributed by atoms with van der Waals surface area (Å²) in [6.07, 6.45) is 4.58. The lowest BCUT2D eigenvalue weighted by molar-refractivity contribution is -0.500. The third-order valence-electron chi connectivity index (χ3n) is 3.46. The van der Waals surface area contributed by atoms with Gasteiger partial charge in [0.1, 0.15) is 6.61 Å². The molecule has 2 bridgehead atoms. The van der Waals surface area contributed by atoms with E-state index in [2.05, 4.69) is 0 Å². The lowest BCUT2D eigenvalue weighted by Crippen LogP contribution is -2.54. The molecule has 4 rings (SSSR count). The summed E-state index contributed by atoms with van der Waals surface area (Å²) in [6, 6.07) is 0. The van der Waals surface area contributed by atoms with Crippen molar-refractivity contribution >= 4 is 0 Å². The van der Waals surface area contributed by atoms with Crippen LogP contribution in [-0.4, -0.2) is 30.7 Å². The first-order chi connectivity index (χ1) is 6.73. The van der Waals surface area contributed by atoms with Crippen LogP contribution in [0.1, 0.15) is 32.6 Å². The molecular formula is C10H16O4. The van der Waals surface area contributed by atoms with E-state index in [1.165, 1.54) is 12.8 Å². The van der Waals surface area contributed by atoms with Crippen LogP contribution in [0, 0.1) is 0 Å². The minimum Gasteiger partial charge on any atom is -0.369 e. The Labute approximate surface area is 83.4 Å². The summed E-state index contributed by atoms with van der Waals surface area (Å²) in [5, 5.41) is 0. The molecule has 1 spiro atoms. The van der Waals surface area contributed by atoms with Crippen LogP contribution in [0.3, 0.4) is 0 Å². The van der Waals surface area contributed by atoms with Gasteiger partial charge in [-0.15, -0.1) is 0 Å². The van der Waals surface area contributed by atoms with Crippen LogP contribution in [0.4, 0.5) is 0 Å². The Bertz CT molecular complexity index is 227. The zero-order chi connectivity index (χ0) is 9.65. The lowest BCUT2D eigenvalue weighted by atomic mass is 9.82. The van der Waals surface area contributed by atoms with E-state index in [0.717, 1.165) is 12.8 Å². The van der Waals surface area contributed by atoms with Crippen LogP contribution in [0.15, 0.2) is 0 Å². The molecule has 1 aliphatic carbocycles. The number of rotatable bonds is 0. The molecule has 4 aliphatic rings. The number of ether oxygens (including phenoxy) is 2. The third kappa shape index (κ3) is 1.21. The zero-order valence-corrected chi connectivity index (χ0v) is 8.45. The smallest absolute Gasteiger partial charge is 0.222 e. The van der Waals surface area contributed by atoms with Crippen molar-refractivity contribution in [2.24, 2.45) is 0 Å². The van der Waals surface area contributed by atoms with Gasteiger partial charge in [0.2, 0.25) is 5.79 Å². The molecule has 0 N–H and O–H groups in total. The highest BCUT2D eigenvalue weighted by atomic mass is 17.3. The molecule has 0 amide bonds. The van der Waals surface area contributed by atoms with Crippen LogP contribution in [0.25, 0.3) is 0 Å². The molecule has 0 aromatic rings. The van der Waals surface area contributed by atoms with Crippen molar-refractivity contribution < 1.29 is 19.2 Å². The summed E-state index contributed by atoms with van der Waals surface area (Å²) in [6.45, 7) is 2.94. The van der Waals surface area contributed by atoms with Crippen LogP contribution < -0.4 is 0 Å². The Morgan fingerprint density at radius 2 is 2.07 bits per heavy atom. The summed E-state index contributed by atoms with van der Waals surface area (Å²) in [4.78, 5) is 10.8. The van der Waals surface area contributed by atoms with Gasteiger partial charge in [-0.05, 0) is 19.8 Å². The second-order valence-electron chi connectivity index (χ2n) is 4.70.